The summed E-state index contributed by atoms with van der Waals surface area (Å²) in [5.41, 5.74) is 1.07. The molecule has 194 valence electrons. The highest BCUT2D eigenvalue weighted by molar-refractivity contribution is 6.06. The molecule has 0 fully saturated rings. The second-order valence-electron chi connectivity index (χ2n) is 10.1. The molecule has 0 spiro atoms. The Labute approximate surface area is 211 Å². The van der Waals surface area contributed by atoms with E-state index >= 15 is 0 Å². The van der Waals surface area contributed by atoms with Crippen LogP contribution >= 0.6 is 0 Å². The fraction of sp³-hybridized carbons (Fsp3) is 0.276. The lowest BCUT2D eigenvalue weighted by Gasteiger charge is -2.25. The molecule has 0 saturated heterocycles. The lowest BCUT2D eigenvalue weighted by Crippen LogP contribution is -2.33. The molecule has 1 amide bonds. The van der Waals surface area contributed by atoms with E-state index in [1.807, 2.05) is 24.3 Å². The number of carbonyl (C=O) groups is 1. The van der Waals surface area contributed by atoms with E-state index in [0.717, 1.165) is 29.3 Å². The number of nitrogens with one attached hydrogen (secondary N) is 1. The van der Waals surface area contributed by atoms with E-state index in [-0.39, 0.29) is 30.4 Å². The molecule has 0 unspecified atom stereocenters. The molecule has 0 radical (unpaired) electrons. The molecule has 0 bridgehead atoms. The number of aromatic amines is 1. The van der Waals surface area contributed by atoms with Gasteiger partial charge in [-0.25, -0.2) is 8.78 Å². The largest absolute Gasteiger partial charge is 0.416 e. The normalized spacial score (nSPS) is 12.2. The Kier molecular flexibility index (Phi) is 7.13. The molecule has 8 heteroatoms. The minimum Gasteiger partial charge on any atom is -0.360 e. The molecule has 0 atom stereocenters. The van der Waals surface area contributed by atoms with Gasteiger partial charge in [-0.05, 0) is 46.7 Å². The number of fused-ring (bicyclic) bond motifs is 1. The van der Waals surface area contributed by atoms with Crippen molar-refractivity contribution < 1.29 is 26.7 Å². The van der Waals surface area contributed by atoms with Crippen molar-refractivity contribution in [3.05, 3.63) is 106 Å². The van der Waals surface area contributed by atoms with Crippen molar-refractivity contribution >= 4 is 16.8 Å². The second-order valence-corrected chi connectivity index (χ2v) is 10.1. The zero-order valence-corrected chi connectivity index (χ0v) is 20.7. The topological polar surface area (TPSA) is 36.1 Å². The number of amides is 1. The molecule has 0 aliphatic carbocycles. The van der Waals surface area contributed by atoms with Gasteiger partial charge in [-0.3, -0.25) is 4.79 Å². The summed E-state index contributed by atoms with van der Waals surface area (Å²) in [5.74, 6) is -3.17. The first-order chi connectivity index (χ1) is 17.3. The number of benzene rings is 3. The van der Waals surface area contributed by atoms with Gasteiger partial charge in [0.15, 0.2) is 11.6 Å². The van der Waals surface area contributed by atoms with Crippen LogP contribution in [-0.4, -0.2) is 22.3 Å². The van der Waals surface area contributed by atoms with Crippen molar-refractivity contribution in [2.45, 2.75) is 45.3 Å². The van der Waals surface area contributed by atoms with Gasteiger partial charge in [0.2, 0.25) is 0 Å². The number of aromatic nitrogens is 1. The zero-order chi connectivity index (χ0) is 27.0. The molecular weight excluding hydrogens is 487 g/mol. The first-order valence-electron chi connectivity index (χ1n) is 11.8. The van der Waals surface area contributed by atoms with Gasteiger partial charge in [0.05, 0.1) is 11.1 Å². The summed E-state index contributed by atoms with van der Waals surface area (Å²) in [7, 11) is 0. The van der Waals surface area contributed by atoms with Crippen LogP contribution in [0.4, 0.5) is 22.0 Å². The Morgan fingerprint density at radius 3 is 2.24 bits per heavy atom. The molecule has 4 rings (SSSR count). The maximum absolute atomic E-state index is 14.9. The minimum atomic E-state index is -4.50. The highest BCUT2D eigenvalue weighted by Gasteiger charge is 2.30. The van der Waals surface area contributed by atoms with E-state index in [1.165, 1.54) is 23.2 Å². The van der Waals surface area contributed by atoms with Crippen molar-refractivity contribution in [3.63, 3.8) is 0 Å². The lowest BCUT2D eigenvalue weighted by atomic mass is 9.87. The maximum atomic E-state index is 14.9. The van der Waals surface area contributed by atoms with E-state index < -0.39 is 34.8 Å². The quantitative estimate of drug-likeness (QED) is 0.264. The summed E-state index contributed by atoms with van der Waals surface area (Å²) < 4.78 is 68.8. The molecule has 1 heterocycles. The SMILES string of the molecule is CC(C)(C)c1ccc(CN(CCc2cccc(C(F)(F)F)c2)C(=O)c2c(F)c(F)cc3cc[nH]c23)cc1. The van der Waals surface area contributed by atoms with Crippen molar-refractivity contribution in [2.75, 3.05) is 6.54 Å². The van der Waals surface area contributed by atoms with Crippen molar-refractivity contribution in [2.24, 2.45) is 0 Å². The Morgan fingerprint density at radius 2 is 1.59 bits per heavy atom. The van der Waals surface area contributed by atoms with Crippen LogP contribution in [0, 0.1) is 11.6 Å². The third-order valence-electron chi connectivity index (χ3n) is 6.36. The van der Waals surface area contributed by atoms with Crippen LogP contribution in [0.5, 0.6) is 0 Å². The lowest BCUT2D eigenvalue weighted by molar-refractivity contribution is -0.137. The number of alkyl halides is 3. The summed E-state index contributed by atoms with van der Waals surface area (Å²) in [6.45, 7) is 6.28. The van der Waals surface area contributed by atoms with Gasteiger partial charge in [0.1, 0.15) is 5.56 Å². The number of halogens is 5. The number of rotatable bonds is 6. The van der Waals surface area contributed by atoms with Gasteiger partial charge >= 0.3 is 6.18 Å². The maximum Gasteiger partial charge on any atom is 0.416 e. The summed E-state index contributed by atoms with van der Waals surface area (Å²) in [6, 6.07) is 15.0. The number of nitrogens with zero attached hydrogens (tertiary/aromatic N) is 1. The van der Waals surface area contributed by atoms with E-state index in [1.54, 1.807) is 6.07 Å². The number of H-pyrrole nitrogens is 1. The molecule has 0 aliphatic rings. The Hall–Kier alpha value is -3.68. The average molecular weight is 515 g/mol. The molecule has 1 N–H and O–H groups in total. The highest BCUT2D eigenvalue weighted by Crippen LogP contribution is 2.30. The average Bonchev–Trinajstić information content (AvgIpc) is 3.29. The monoisotopic (exact) mass is 514 g/mol. The standard InChI is InChI=1S/C29H27F5N2O/c1-28(2,3)21-9-7-19(8-10-21)17-36(14-12-18-5-4-6-22(15-18)29(32,33)34)27(37)24-25(31)23(30)16-20-11-13-35-26(20)24/h4-11,13,15-16,35H,12,14,17H2,1-3H3. The van der Waals surface area contributed by atoms with E-state index in [9.17, 15) is 26.7 Å². The smallest absolute Gasteiger partial charge is 0.360 e. The van der Waals surface area contributed by atoms with E-state index in [2.05, 4.69) is 25.8 Å². The van der Waals surface area contributed by atoms with Gasteiger partial charge in [-0.15, -0.1) is 0 Å². The van der Waals surface area contributed by atoms with Gasteiger partial charge in [-0.1, -0.05) is 63.2 Å². The van der Waals surface area contributed by atoms with E-state index in [4.69, 9.17) is 0 Å². The van der Waals surface area contributed by atoms with E-state index in [0.29, 0.717) is 10.9 Å². The fourth-order valence-corrected chi connectivity index (χ4v) is 4.26. The van der Waals surface area contributed by atoms with Crippen LogP contribution in [0.15, 0.2) is 66.9 Å². The molecule has 0 saturated carbocycles. The van der Waals surface area contributed by atoms with Crippen LogP contribution in [0.3, 0.4) is 0 Å². The first kappa shape index (κ1) is 26.4. The fourth-order valence-electron chi connectivity index (χ4n) is 4.26. The second kappa shape index (κ2) is 10.00. The van der Waals surface area contributed by atoms with Gasteiger partial charge in [0.25, 0.3) is 5.91 Å². The Balaban J connectivity index is 1.68. The van der Waals surface area contributed by atoms with Crippen molar-refractivity contribution in [1.29, 1.82) is 0 Å². The number of hydrogen-bond acceptors (Lipinski definition) is 1. The Bertz CT molecular complexity index is 1420. The zero-order valence-electron chi connectivity index (χ0n) is 20.7. The van der Waals surface area contributed by atoms with Gasteiger partial charge < -0.3 is 9.88 Å². The minimum absolute atomic E-state index is 0.000673. The summed E-state index contributed by atoms with van der Waals surface area (Å²) in [6.07, 6.45) is -2.91. The first-order valence-corrected chi connectivity index (χ1v) is 11.8. The Morgan fingerprint density at radius 1 is 0.892 bits per heavy atom. The predicted octanol–water partition coefficient (Wildman–Crippen LogP) is 7.65. The molecule has 3 nitrogen and oxygen atoms in total. The van der Waals surface area contributed by atoms with Gasteiger partial charge in [-0.2, -0.15) is 13.2 Å². The molecule has 3 aromatic carbocycles. The van der Waals surface area contributed by atoms with Gasteiger partial charge in [0, 0.05) is 24.7 Å². The van der Waals surface area contributed by atoms with Crippen LogP contribution in [-0.2, 0) is 24.6 Å². The number of carbonyl (C=O) groups excluding carboxylic acids is 1. The third-order valence-corrected chi connectivity index (χ3v) is 6.36. The van der Waals surface area contributed by atoms with Crippen molar-refractivity contribution in [3.8, 4) is 0 Å². The summed E-state index contributed by atoms with van der Waals surface area (Å²) in [4.78, 5) is 17.8. The molecular formula is C29H27F5N2O. The summed E-state index contributed by atoms with van der Waals surface area (Å²) >= 11 is 0. The molecule has 4 aromatic rings. The highest BCUT2D eigenvalue weighted by atomic mass is 19.4. The molecule has 1 aromatic heterocycles. The van der Waals surface area contributed by atoms with Crippen LogP contribution in [0.1, 0.15) is 53.4 Å². The van der Waals surface area contributed by atoms with Crippen LogP contribution < -0.4 is 0 Å². The predicted molar refractivity (Wildman–Crippen MR) is 133 cm³/mol. The number of hydrogen-bond donors (Lipinski definition) is 1. The van der Waals surface area contributed by atoms with Crippen LogP contribution in [0.2, 0.25) is 0 Å². The summed E-state index contributed by atoms with van der Waals surface area (Å²) in [5, 5.41) is 0.342. The molecule has 0 aliphatic heterocycles. The van der Waals surface area contributed by atoms with Crippen LogP contribution in [0.25, 0.3) is 10.9 Å². The molecule has 37 heavy (non-hydrogen) atoms. The third kappa shape index (κ3) is 5.84. The van der Waals surface area contributed by atoms with Crippen molar-refractivity contribution in [1.82, 2.24) is 9.88 Å².